The average molecular weight is 452 g/mol. The predicted molar refractivity (Wildman–Crippen MR) is 120 cm³/mol. The number of nitriles is 1. The second kappa shape index (κ2) is 9.63. The van der Waals surface area contributed by atoms with Crippen LogP contribution in [0.1, 0.15) is 38.4 Å². The van der Waals surface area contributed by atoms with Gasteiger partial charge < -0.3 is 14.7 Å². The standard InChI is InChI=1S/C24H25N3O4S/c1-15-6-7-26-11-17(15)3-4-18(28)9-23-21(10-25)20-5-2-16(8-22(20)32-23)14-31-24(30)27-12-19(29)13-27/h3-4,6-7,11,16,19,29H,2,5,8-9,12-14H2,1H3/b4-3+. The van der Waals surface area contributed by atoms with Crippen molar-refractivity contribution in [3.05, 3.63) is 56.5 Å². The highest BCUT2D eigenvalue weighted by atomic mass is 32.1. The molecule has 32 heavy (non-hydrogen) atoms. The van der Waals surface area contributed by atoms with Gasteiger partial charge in [-0.3, -0.25) is 9.78 Å². The highest BCUT2D eigenvalue weighted by Crippen LogP contribution is 2.36. The Morgan fingerprint density at radius 2 is 2.25 bits per heavy atom. The summed E-state index contributed by atoms with van der Waals surface area (Å²) in [6, 6.07) is 4.19. The molecule has 4 rings (SSSR count). The van der Waals surface area contributed by atoms with Crippen molar-refractivity contribution in [1.82, 2.24) is 9.88 Å². The molecule has 1 fully saturated rings. The van der Waals surface area contributed by atoms with E-state index >= 15 is 0 Å². The van der Waals surface area contributed by atoms with Gasteiger partial charge in [0.2, 0.25) is 0 Å². The molecule has 166 valence electrons. The smallest absolute Gasteiger partial charge is 0.409 e. The van der Waals surface area contributed by atoms with Gasteiger partial charge in [-0.15, -0.1) is 11.3 Å². The number of hydrogen-bond donors (Lipinski definition) is 1. The summed E-state index contributed by atoms with van der Waals surface area (Å²) in [6.07, 6.45) is 8.46. The molecule has 0 radical (unpaired) electrons. The Morgan fingerprint density at radius 3 is 2.97 bits per heavy atom. The number of hydrogen-bond acceptors (Lipinski definition) is 7. The number of thiophene rings is 1. The van der Waals surface area contributed by atoms with Crippen molar-refractivity contribution in [2.24, 2.45) is 5.92 Å². The minimum atomic E-state index is -0.445. The third-order valence-electron chi connectivity index (χ3n) is 5.98. The monoisotopic (exact) mass is 451 g/mol. The van der Waals surface area contributed by atoms with E-state index in [-0.39, 0.29) is 24.2 Å². The number of aryl methyl sites for hydroxylation is 1. The summed E-state index contributed by atoms with van der Waals surface area (Å²) in [7, 11) is 0. The molecule has 1 unspecified atom stereocenters. The molecule has 2 aromatic heterocycles. The van der Waals surface area contributed by atoms with E-state index in [2.05, 4.69) is 11.1 Å². The molecule has 1 aliphatic heterocycles. The van der Waals surface area contributed by atoms with Crippen molar-refractivity contribution in [3.63, 3.8) is 0 Å². The number of aliphatic hydroxyl groups excluding tert-OH is 1. The highest BCUT2D eigenvalue weighted by molar-refractivity contribution is 7.12. The summed E-state index contributed by atoms with van der Waals surface area (Å²) < 4.78 is 5.41. The van der Waals surface area contributed by atoms with Gasteiger partial charge in [0.05, 0.1) is 31.4 Å². The molecule has 0 aromatic carbocycles. The fraction of sp³-hybridized carbons (Fsp3) is 0.417. The van der Waals surface area contributed by atoms with Crippen molar-refractivity contribution in [1.29, 1.82) is 5.26 Å². The fourth-order valence-corrected chi connectivity index (χ4v) is 5.47. The van der Waals surface area contributed by atoms with E-state index in [1.165, 1.54) is 16.2 Å². The van der Waals surface area contributed by atoms with Gasteiger partial charge in [0.25, 0.3) is 0 Å². The van der Waals surface area contributed by atoms with E-state index in [0.717, 1.165) is 45.7 Å². The minimum absolute atomic E-state index is 0.0504. The van der Waals surface area contributed by atoms with Crippen LogP contribution in [-0.4, -0.2) is 52.7 Å². The molecule has 0 saturated carbocycles. The first-order valence-corrected chi connectivity index (χ1v) is 11.5. The van der Waals surface area contributed by atoms with Crippen LogP contribution in [0, 0.1) is 24.2 Å². The molecule has 8 heteroatoms. The van der Waals surface area contributed by atoms with Gasteiger partial charge in [0.1, 0.15) is 6.07 Å². The second-order valence-corrected chi connectivity index (χ2v) is 9.56. The van der Waals surface area contributed by atoms with Crippen LogP contribution in [0.4, 0.5) is 4.79 Å². The average Bonchev–Trinajstić information content (AvgIpc) is 3.10. The lowest BCUT2D eigenvalue weighted by Crippen LogP contribution is -2.53. The molecule has 7 nitrogen and oxygen atoms in total. The Morgan fingerprint density at radius 1 is 1.44 bits per heavy atom. The van der Waals surface area contributed by atoms with E-state index in [1.807, 2.05) is 13.0 Å². The van der Waals surface area contributed by atoms with Crippen LogP contribution in [-0.2, 0) is 28.8 Å². The zero-order chi connectivity index (χ0) is 22.7. The molecule has 1 saturated heterocycles. The van der Waals surface area contributed by atoms with Gasteiger partial charge in [0, 0.05) is 28.6 Å². The maximum absolute atomic E-state index is 12.6. The van der Waals surface area contributed by atoms with Gasteiger partial charge in [-0.2, -0.15) is 5.26 Å². The largest absolute Gasteiger partial charge is 0.449 e. The molecule has 0 bridgehead atoms. The number of amides is 1. The summed E-state index contributed by atoms with van der Waals surface area (Å²) in [5, 5.41) is 19.0. The van der Waals surface area contributed by atoms with E-state index in [9.17, 15) is 20.0 Å². The second-order valence-electron chi connectivity index (χ2n) is 8.37. The van der Waals surface area contributed by atoms with Gasteiger partial charge >= 0.3 is 6.09 Å². The molecule has 1 amide bonds. The first-order valence-electron chi connectivity index (χ1n) is 10.7. The van der Waals surface area contributed by atoms with E-state index in [1.54, 1.807) is 24.5 Å². The Labute approximate surface area is 191 Å². The number of carbonyl (C=O) groups is 2. The first kappa shape index (κ1) is 22.2. The Hall–Kier alpha value is -3.02. The molecule has 1 atom stereocenters. The molecule has 2 aliphatic rings. The number of carbonyl (C=O) groups excluding carboxylic acids is 2. The Bertz CT molecular complexity index is 1100. The summed E-state index contributed by atoms with van der Waals surface area (Å²) in [5.74, 6) is 0.144. The quantitative estimate of drug-likeness (QED) is 0.677. The van der Waals surface area contributed by atoms with E-state index < -0.39 is 6.10 Å². The zero-order valence-electron chi connectivity index (χ0n) is 17.9. The molecular weight excluding hydrogens is 426 g/mol. The van der Waals surface area contributed by atoms with Crippen molar-refractivity contribution in [2.75, 3.05) is 19.7 Å². The number of ketones is 1. The van der Waals surface area contributed by atoms with Crippen molar-refractivity contribution in [3.8, 4) is 6.07 Å². The lowest BCUT2D eigenvalue weighted by Gasteiger charge is -2.35. The van der Waals surface area contributed by atoms with Crippen LogP contribution in [0.3, 0.4) is 0 Å². The van der Waals surface area contributed by atoms with Crippen molar-refractivity contribution >= 4 is 29.3 Å². The topological polar surface area (TPSA) is 104 Å². The number of β-amino-alcohol motifs (C(OH)–C–C–N with tert-alkyl or cyclic N) is 1. The highest BCUT2D eigenvalue weighted by Gasteiger charge is 2.31. The first-order chi connectivity index (χ1) is 15.4. The summed E-state index contributed by atoms with van der Waals surface area (Å²) in [5.41, 5.74) is 3.62. The molecule has 2 aromatic rings. The van der Waals surface area contributed by atoms with Gasteiger partial charge in [-0.05, 0) is 67.0 Å². The fourth-order valence-electron chi connectivity index (χ4n) is 4.04. The number of ether oxygens (including phenoxy) is 1. The van der Waals surface area contributed by atoms with Crippen LogP contribution in [0.5, 0.6) is 0 Å². The van der Waals surface area contributed by atoms with E-state index in [0.29, 0.717) is 25.3 Å². The maximum Gasteiger partial charge on any atom is 0.409 e. The number of allylic oxidation sites excluding steroid dienone is 1. The lowest BCUT2D eigenvalue weighted by molar-refractivity contribution is -0.113. The summed E-state index contributed by atoms with van der Waals surface area (Å²) in [4.78, 5) is 32.0. The van der Waals surface area contributed by atoms with Crippen molar-refractivity contribution < 1.29 is 19.4 Å². The zero-order valence-corrected chi connectivity index (χ0v) is 18.7. The number of pyridine rings is 1. The van der Waals surface area contributed by atoms with Gasteiger partial charge in [-0.25, -0.2) is 4.79 Å². The van der Waals surface area contributed by atoms with Crippen LogP contribution in [0.25, 0.3) is 6.08 Å². The minimum Gasteiger partial charge on any atom is -0.449 e. The van der Waals surface area contributed by atoms with Crippen LogP contribution in [0.2, 0.25) is 0 Å². The number of nitrogens with zero attached hydrogens (tertiary/aromatic N) is 3. The van der Waals surface area contributed by atoms with E-state index in [4.69, 9.17) is 4.74 Å². The summed E-state index contributed by atoms with van der Waals surface area (Å²) >= 11 is 1.53. The van der Waals surface area contributed by atoms with Crippen LogP contribution in [0.15, 0.2) is 24.5 Å². The maximum atomic E-state index is 12.6. The van der Waals surface area contributed by atoms with Crippen LogP contribution >= 0.6 is 11.3 Å². The number of aliphatic hydroxyl groups is 1. The molecule has 0 spiro atoms. The van der Waals surface area contributed by atoms with Crippen LogP contribution < -0.4 is 0 Å². The lowest BCUT2D eigenvalue weighted by atomic mass is 9.87. The third-order valence-corrected chi connectivity index (χ3v) is 7.23. The number of fused-ring (bicyclic) bond motifs is 1. The molecule has 1 N–H and O–H groups in total. The Kier molecular flexibility index (Phi) is 6.68. The van der Waals surface area contributed by atoms with Crippen molar-refractivity contribution in [2.45, 2.75) is 38.7 Å². The summed E-state index contributed by atoms with van der Waals surface area (Å²) in [6.45, 7) is 2.95. The third kappa shape index (κ3) is 4.90. The Balaban J connectivity index is 1.37. The van der Waals surface area contributed by atoms with Gasteiger partial charge in [-0.1, -0.05) is 0 Å². The molecule has 3 heterocycles. The van der Waals surface area contributed by atoms with Gasteiger partial charge in [0.15, 0.2) is 5.78 Å². The number of rotatable bonds is 6. The number of aromatic nitrogens is 1. The molecule has 1 aliphatic carbocycles. The molecular formula is C24H25N3O4S. The normalized spacial score (nSPS) is 18.2. The number of likely N-dealkylation sites (tertiary alicyclic amines) is 1. The SMILES string of the molecule is Cc1ccncc1/C=C/C(=O)Cc1sc2c(c1C#N)CCC(COC(=O)N1CC(O)C1)C2. The predicted octanol–water partition coefficient (Wildman–Crippen LogP) is 3.07.